The van der Waals surface area contributed by atoms with E-state index < -0.39 is 0 Å². The van der Waals surface area contributed by atoms with Crippen molar-refractivity contribution in [3.05, 3.63) is 48.0 Å². The first-order chi connectivity index (χ1) is 7.31. The van der Waals surface area contributed by atoms with Crippen molar-refractivity contribution in [3.8, 4) is 0 Å². The highest BCUT2D eigenvalue weighted by atomic mass is 14.1. The molecule has 0 aliphatic rings. The molecule has 78 valence electrons. The molecule has 0 heteroatoms. The number of hydrogen-bond acceptors (Lipinski definition) is 0. The summed E-state index contributed by atoms with van der Waals surface area (Å²) in [7, 11) is 0. The Morgan fingerprint density at radius 3 is 2.47 bits per heavy atom. The van der Waals surface area contributed by atoms with Crippen molar-refractivity contribution in [2.45, 2.75) is 32.6 Å². The Labute approximate surface area is 91.9 Å². The first-order valence-electron chi connectivity index (χ1n) is 5.80. The first kappa shape index (κ1) is 10.2. The van der Waals surface area contributed by atoms with Gasteiger partial charge in [-0.2, -0.15) is 0 Å². The molecule has 0 amide bonds. The topological polar surface area (TPSA) is 0 Å². The van der Waals surface area contributed by atoms with E-state index in [-0.39, 0.29) is 0 Å². The fourth-order valence-corrected chi connectivity index (χ4v) is 2.11. The number of benzene rings is 2. The van der Waals surface area contributed by atoms with Crippen LogP contribution in [0.5, 0.6) is 0 Å². The molecule has 0 aliphatic heterocycles. The van der Waals surface area contributed by atoms with E-state index in [2.05, 4.69) is 56.3 Å². The van der Waals surface area contributed by atoms with Gasteiger partial charge in [0.2, 0.25) is 0 Å². The normalized spacial score (nSPS) is 12.9. The smallest absolute Gasteiger partial charge is 0.0181 e. The van der Waals surface area contributed by atoms with Crippen molar-refractivity contribution in [1.82, 2.24) is 0 Å². The summed E-state index contributed by atoms with van der Waals surface area (Å²) in [4.78, 5) is 0. The van der Waals surface area contributed by atoms with E-state index in [9.17, 15) is 0 Å². The summed E-state index contributed by atoms with van der Waals surface area (Å²) < 4.78 is 0. The molecule has 1 atom stereocenters. The van der Waals surface area contributed by atoms with Crippen LogP contribution >= 0.6 is 0 Å². The third-order valence-corrected chi connectivity index (χ3v) is 3.06. The first-order valence-corrected chi connectivity index (χ1v) is 5.80. The van der Waals surface area contributed by atoms with Crippen molar-refractivity contribution in [2.75, 3.05) is 0 Å². The highest BCUT2D eigenvalue weighted by Crippen LogP contribution is 2.24. The zero-order valence-corrected chi connectivity index (χ0v) is 9.53. The number of fused-ring (bicyclic) bond motifs is 1. The maximum Gasteiger partial charge on any atom is -0.0181 e. The lowest BCUT2D eigenvalue weighted by Gasteiger charge is -2.11. The lowest BCUT2D eigenvalue weighted by atomic mass is 9.94. The predicted octanol–water partition coefficient (Wildman–Crippen LogP) is 4.74. The van der Waals surface area contributed by atoms with Crippen LogP contribution < -0.4 is 0 Å². The van der Waals surface area contributed by atoms with Crippen LogP contribution in [0.3, 0.4) is 0 Å². The lowest BCUT2D eigenvalue weighted by molar-refractivity contribution is 0.665. The van der Waals surface area contributed by atoms with Gasteiger partial charge in [0.1, 0.15) is 0 Å². The highest BCUT2D eigenvalue weighted by Gasteiger charge is 2.04. The van der Waals surface area contributed by atoms with E-state index in [1.54, 1.807) is 0 Å². The molecule has 0 saturated heterocycles. The van der Waals surface area contributed by atoms with Crippen molar-refractivity contribution < 1.29 is 0 Å². The van der Waals surface area contributed by atoms with Crippen molar-refractivity contribution >= 4 is 10.8 Å². The molecule has 0 bridgehead atoms. The van der Waals surface area contributed by atoms with Gasteiger partial charge in [0, 0.05) is 0 Å². The molecule has 2 aromatic carbocycles. The zero-order valence-electron chi connectivity index (χ0n) is 9.53. The van der Waals surface area contributed by atoms with Gasteiger partial charge in [-0.15, -0.1) is 0 Å². The largest absolute Gasteiger partial charge is 0.0654 e. The fraction of sp³-hybridized carbons (Fsp3) is 0.333. The quantitative estimate of drug-likeness (QED) is 0.668. The number of hydrogen-bond donors (Lipinski definition) is 0. The second-order valence-electron chi connectivity index (χ2n) is 4.30. The Balaban J connectivity index is 2.38. The summed E-state index contributed by atoms with van der Waals surface area (Å²) in [5.41, 5.74) is 1.47. The number of rotatable bonds is 3. The summed E-state index contributed by atoms with van der Waals surface area (Å²) in [5, 5.41) is 2.70. The predicted molar refractivity (Wildman–Crippen MR) is 67.3 cm³/mol. The summed E-state index contributed by atoms with van der Waals surface area (Å²) in [6.45, 7) is 4.56. The van der Waals surface area contributed by atoms with Gasteiger partial charge >= 0.3 is 0 Å². The SMILES string of the molecule is CCC[C@@H](C)c1ccc2ccccc2c1. The Hall–Kier alpha value is -1.30. The molecule has 0 unspecified atom stereocenters. The summed E-state index contributed by atoms with van der Waals surface area (Å²) in [6, 6.07) is 15.4. The van der Waals surface area contributed by atoms with Gasteiger partial charge < -0.3 is 0 Å². The molecule has 2 rings (SSSR count). The van der Waals surface area contributed by atoms with Crippen LogP contribution in [-0.2, 0) is 0 Å². The lowest BCUT2D eigenvalue weighted by Crippen LogP contribution is -1.92. The minimum Gasteiger partial charge on any atom is -0.0654 e. The monoisotopic (exact) mass is 198 g/mol. The highest BCUT2D eigenvalue weighted by molar-refractivity contribution is 5.83. The van der Waals surface area contributed by atoms with Gasteiger partial charge in [0.05, 0.1) is 0 Å². The molecule has 0 saturated carbocycles. The van der Waals surface area contributed by atoms with Crippen LogP contribution in [0.25, 0.3) is 10.8 Å². The standard InChI is InChI=1S/C15H18/c1-3-6-12(2)14-10-9-13-7-4-5-8-15(13)11-14/h4-5,7-12H,3,6H2,1-2H3/t12-/m1/s1. The molecule has 0 fully saturated rings. The van der Waals surface area contributed by atoms with E-state index in [1.807, 2.05) is 0 Å². The van der Waals surface area contributed by atoms with E-state index >= 15 is 0 Å². The van der Waals surface area contributed by atoms with Crippen molar-refractivity contribution in [3.63, 3.8) is 0 Å². The zero-order chi connectivity index (χ0) is 10.7. The van der Waals surface area contributed by atoms with Crippen LogP contribution in [0.1, 0.15) is 38.2 Å². The van der Waals surface area contributed by atoms with Crippen molar-refractivity contribution in [2.24, 2.45) is 0 Å². The third-order valence-electron chi connectivity index (χ3n) is 3.06. The van der Waals surface area contributed by atoms with Crippen LogP contribution in [0, 0.1) is 0 Å². The fourth-order valence-electron chi connectivity index (χ4n) is 2.11. The summed E-state index contributed by atoms with van der Waals surface area (Å²) in [6.07, 6.45) is 2.53. The molecule has 0 radical (unpaired) electrons. The molecule has 0 aliphatic carbocycles. The van der Waals surface area contributed by atoms with Gasteiger partial charge in [0.25, 0.3) is 0 Å². The Morgan fingerprint density at radius 1 is 1.00 bits per heavy atom. The molecule has 15 heavy (non-hydrogen) atoms. The summed E-state index contributed by atoms with van der Waals surface area (Å²) in [5.74, 6) is 0.680. The Bertz CT molecular complexity index is 442. The molecule has 0 heterocycles. The van der Waals surface area contributed by atoms with Crippen LogP contribution in [0.4, 0.5) is 0 Å². The van der Waals surface area contributed by atoms with Gasteiger partial charge in [0.15, 0.2) is 0 Å². The van der Waals surface area contributed by atoms with Crippen LogP contribution in [-0.4, -0.2) is 0 Å². The maximum atomic E-state index is 2.33. The van der Waals surface area contributed by atoms with Gasteiger partial charge in [-0.3, -0.25) is 0 Å². The summed E-state index contributed by atoms with van der Waals surface area (Å²) >= 11 is 0. The van der Waals surface area contributed by atoms with E-state index in [1.165, 1.54) is 29.2 Å². The average molecular weight is 198 g/mol. The average Bonchev–Trinajstić information content (AvgIpc) is 2.29. The Morgan fingerprint density at radius 2 is 1.73 bits per heavy atom. The second kappa shape index (κ2) is 4.48. The van der Waals surface area contributed by atoms with E-state index in [0.717, 1.165) is 0 Å². The minimum absolute atomic E-state index is 0.680. The molecular weight excluding hydrogens is 180 g/mol. The van der Waals surface area contributed by atoms with Gasteiger partial charge in [-0.05, 0) is 28.7 Å². The molecule has 0 nitrogen and oxygen atoms in total. The Kier molecular flexibility index (Phi) is 3.05. The molecule has 2 aromatic rings. The molecule has 0 spiro atoms. The van der Waals surface area contributed by atoms with Crippen molar-refractivity contribution in [1.29, 1.82) is 0 Å². The van der Waals surface area contributed by atoms with Crippen LogP contribution in [0.15, 0.2) is 42.5 Å². The van der Waals surface area contributed by atoms with Crippen LogP contribution in [0.2, 0.25) is 0 Å². The second-order valence-corrected chi connectivity index (χ2v) is 4.30. The molecular formula is C15H18. The van der Waals surface area contributed by atoms with E-state index in [4.69, 9.17) is 0 Å². The van der Waals surface area contributed by atoms with E-state index in [0.29, 0.717) is 5.92 Å². The van der Waals surface area contributed by atoms with Gasteiger partial charge in [-0.1, -0.05) is 62.7 Å². The molecule has 0 N–H and O–H groups in total. The molecule has 0 aromatic heterocycles. The third kappa shape index (κ3) is 2.20. The van der Waals surface area contributed by atoms with Gasteiger partial charge in [-0.25, -0.2) is 0 Å². The maximum absolute atomic E-state index is 2.33. The minimum atomic E-state index is 0.680.